The lowest BCUT2D eigenvalue weighted by Gasteiger charge is -2.39. The van der Waals surface area contributed by atoms with Gasteiger partial charge in [-0.2, -0.15) is 0 Å². The molecule has 0 bridgehead atoms. The van der Waals surface area contributed by atoms with Gasteiger partial charge in [-0.05, 0) is 37.8 Å². The van der Waals surface area contributed by atoms with Crippen molar-refractivity contribution in [3.63, 3.8) is 0 Å². The first-order valence-corrected chi connectivity index (χ1v) is 6.49. The Morgan fingerprint density at radius 1 is 1.42 bits per heavy atom. The molecule has 4 nitrogen and oxygen atoms in total. The number of aromatic carboxylic acids is 1. The van der Waals surface area contributed by atoms with Crippen LogP contribution in [0.4, 0.5) is 15.8 Å². The van der Waals surface area contributed by atoms with Crippen molar-refractivity contribution in [1.29, 1.82) is 0 Å². The fraction of sp³-hybridized carbons (Fsp3) is 0.500. The molecule has 2 rings (SSSR count). The molecule has 1 aliphatic heterocycles. The number of nitrogens with two attached hydrogens (primary N) is 1. The highest BCUT2D eigenvalue weighted by Crippen LogP contribution is 2.33. The molecule has 5 heteroatoms. The quantitative estimate of drug-likeness (QED) is 0.808. The standard InChI is InChI=1S/C14H19FN2O2/c1-8-3-4-9(2)17(7-8)11-6-5-10(15)13(16)12(11)14(18)19/h5-6,8-9H,3-4,7,16H2,1-2H3,(H,18,19). The van der Waals surface area contributed by atoms with Gasteiger partial charge in [0, 0.05) is 12.6 Å². The Labute approximate surface area is 112 Å². The molecule has 0 radical (unpaired) electrons. The minimum Gasteiger partial charge on any atom is -0.478 e. The summed E-state index contributed by atoms with van der Waals surface area (Å²) in [5.41, 5.74) is 5.70. The second-order valence-corrected chi connectivity index (χ2v) is 5.34. The summed E-state index contributed by atoms with van der Waals surface area (Å²) < 4.78 is 13.5. The van der Waals surface area contributed by atoms with E-state index in [1.54, 1.807) is 0 Å². The van der Waals surface area contributed by atoms with E-state index in [2.05, 4.69) is 13.8 Å². The van der Waals surface area contributed by atoms with Gasteiger partial charge in [-0.25, -0.2) is 9.18 Å². The maximum Gasteiger partial charge on any atom is 0.340 e. The molecule has 2 atom stereocenters. The molecular weight excluding hydrogens is 247 g/mol. The molecule has 1 fully saturated rings. The molecule has 1 aliphatic rings. The summed E-state index contributed by atoms with van der Waals surface area (Å²) in [7, 11) is 0. The zero-order chi connectivity index (χ0) is 14.2. The summed E-state index contributed by atoms with van der Waals surface area (Å²) >= 11 is 0. The summed E-state index contributed by atoms with van der Waals surface area (Å²) in [5, 5.41) is 9.28. The first kappa shape index (κ1) is 13.6. The monoisotopic (exact) mass is 266 g/mol. The Balaban J connectivity index is 2.49. The molecule has 1 aromatic rings. The van der Waals surface area contributed by atoms with Crippen LogP contribution in [-0.4, -0.2) is 23.7 Å². The number of nitrogen functional groups attached to an aromatic ring is 1. The number of piperidine rings is 1. The van der Waals surface area contributed by atoms with Crippen LogP contribution in [0.25, 0.3) is 0 Å². The van der Waals surface area contributed by atoms with Gasteiger partial charge in [0.1, 0.15) is 11.4 Å². The van der Waals surface area contributed by atoms with Crippen molar-refractivity contribution in [3.05, 3.63) is 23.5 Å². The van der Waals surface area contributed by atoms with E-state index in [1.807, 2.05) is 4.90 Å². The molecule has 3 N–H and O–H groups in total. The first-order chi connectivity index (χ1) is 8.91. The lowest BCUT2D eigenvalue weighted by atomic mass is 9.93. The summed E-state index contributed by atoms with van der Waals surface area (Å²) in [6, 6.07) is 2.99. The Kier molecular flexibility index (Phi) is 3.64. The number of anilines is 2. The largest absolute Gasteiger partial charge is 0.478 e. The number of hydrogen-bond donors (Lipinski definition) is 2. The molecule has 104 valence electrons. The van der Waals surface area contributed by atoms with Gasteiger partial charge in [0.25, 0.3) is 0 Å². The summed E-state index contributed by atoms with van der Waals surface area (Å²) in [6.45, 7) is 4.95. The topological polar surface area (TPSA) is 66.6 Å². The summed E-state index contributed by atoms with van der Waals surface area (Å²) in [4.78, 5) is 13.4. The Morgan fingerprint density at radius 2 is 2.11 bits per heavy atom. The minimum atomic E-state index is -1.18. The molecule has 1 aromatic carbocycles. The van der Waals surface area contributed by atoms with Crippen LogP contribution in [0.15, 0.2) is 12.1 Å². The third-order valence-electron chi connectivity index (χ3n) is 3.81. The van der Waals surface area contributed by atoms with Gasteiger partial charge in [-0.3, -0.25) is 0 Å². The van der Waals surface area contributed by atoms with E-state index in [4.69, 9.17) is 5.73 Å². The predicted molar refractivity (Wildman–Crippen MR) is 73.0 cm³/mol. The zero-order valence-corrected chi connectivity index (χ0v) is 11.2. The molecule has 0 spiro atoms. The Bertz CT molecular complexity index is 504. The van der Waals surface area contributed by atoms with Crippen LogP contribution in [-0.2, 0) is 0 Å². The molecule has 0 saturated carbocycles. The van der Waals surface area contributed by atoms with Crippen molar-refractivity contribution in [2.24, 2.45) is 5.92 Å². The smallest absolute Gasteiger partial charge is 0.340 e. The van der Waals surface area contributed by atoms with E-state index in [0.717, 1.165) is 19.4 Å². The maximum absolute atomic E-state index is 13.5. The van der Waals surface area contributed by atoms with Gasteiger partial charge < -0.3 is 15.7 Å². The highest BCUT2D eigenvalue weighted by atomic mass is 19.1. The van der Waals surface area contributed by atoms with Crippen LogP contribution >= 0.6 is 0 Å². The number of rotatable bonds is 2. The second kappa shape index (κ2) is 5.07. The second-order valence-electron chi connectivity index (χ2n) is 5.34. The van der Waals surface area contributed by atoms with Gasteiger partial charge in [-0.15, -0.1) is 0 Å². The molecule has 1 heterocycles. The average molecular weight is 266 g/mol. The van der Waals surface area contributed by atoms with Gasteiger partial charge in [0.15, 0.2) is 0 Å². The number of carboxylic acids is 1. The third-order valence-corrected chi connectivity index (χ3v) is 3.81. The zero-order valence-electron chi connectivity index (χ0n) is 11.2. The molecule has 19 heavy (non-hydrogen) atoms. The first-order valence-electron chi connectivity index (χ1n) is 6.49. The number of carbonyl (C=O) groups is 1. The van der Waals surface area contributed by atoms with Gasteiger partial charge in [0.2, 0.25) is 0 Å². The van der Waals surface area contributed by atoms with Crippen molar-refractivity contribution >= 4 is 17.3 Å². The predicted octanol–water partition coefficient (Wildman–Crippen LogP) is 2.73. The van der Waals surface area contributed by atoms with E-state index in [9.17, 15) is 14.3 Å². The van der Waals surface area contributed by atoms with Crippen LogP contribution in [0.2, 0.25) is 0 Å². The van der Waals surface area contributed by atoms with E-state index in [-0.39, 0.29) is 17.3 Å². The van der Waals surface area contributed by atoms with Crippen molar-refractivity contribution in [1.82, 2.24) is 0 Å². The highest BCUT2D eigenvalue weighted by molar-refractivity contribution is 6.00. The number of halogens is 1. The van der Waals surface area contributed by atoms with Gasteiger partial charge in [-0.1, -0.05) is 6.92 Å². The van der Waals surface area contributed by atoms with Crippen molar-refractivity contribution in [2.75, 3.05) is 17.2 Å². The van der Waals surface area contributed by atoms with E-state index < -0.39 is 11.8 Å². The fourth-order valence-corrected chi connectivity index (χ4v) is 2.67. The number of nitrogens with zero attached hydrogens (tertiary/aromatic N) is 1. The Hall–Kier alpha value is -1.78. The lowest BCUT2D eigenvalue weighted by molar-refractivity contribution is 0.0698. The fourth-order valence-electron chi connectivity index (χ4n) is 2.67. The number of carboxylic acid groups (broad SMARTS) is 1. The van der Waals surface area contributed by atoms with Crippen molar-refractivity contribution < 1.29 is 14.3 Å². The van der Waals surface area contributed by atoms with E-state index in [0.29, 0.717) is 11.6 Å². The number of benzene rings is 1. The Morgan fingerprint density at radius 3 is 2.74 bits per heavy atom. The van der Waals surface area contributed by atoms with Gasteiger partial charge >= 0.3 is 5.97 Å². The SMILES string of the molecule is CC1CCC(C)N(c2ccc(F)c(N)c2C(=O)O)C1. The van der Waals surface area contributed by atoms with E-state index >= 15 is 0 Å². The van der Waals surface area contributed by atoms with Crippen molar-refractivity contribution in [2.45, 2.75) is 32.7 Å². The molecular formula is C14H19FN2O2. The van der Waals surface area contributed by atoms with Crippen LogP contribution in [0.1, 0.15) is 37.0 Å². The molecule has 0 aromatic heterocycles. The van der Waals surface area contributed by atoms with Crippen LogP contribution in [0.3, 0.4) is 0 Å². The van der Waals surface area contributed by atoms with E-state index in [1.165, 1.54) is 12.1 Å². The van der Waals surface area contributed by atoms with Crippen LogP contribution < -0.4 is 10.6 Å². The third kappa shape index (κ3) is 2.50. The van der Waals surface area contributed by atoms with Crippen LogP contribution in [0.5, 0.6) is 0 Å². The average Bonchev–Trinajstić information content (AvgIpc) is 2.35. The maximum atomic E-state index is 13.5. The van der Waals surface area contributed by atoms with Crippen molar-refractivity contribution in [3.8, 4) is 0 Å². The highest BCUT2D eigenvalue weighted by Gasteiger charge is 2.28. The van der Waals surface area contributed by atoms with Gasteiger partial charge in [0.05, 0.1) is 11.4 Å². The summed E-state index contributed by atoms with van der Waals surface area (Å²) in [6.07, 6.45) is 2.12. The molecule has 0 aliphatic carbocycles. The molecule has 1 saturated heterocycles. The lowest BCUT2D eigenvalue weighted by Crippen LogP contribution is -2.42. The number of hydrogen-bond acceptors (Lipinski definition) is 3. The molecule has 2 unspecified atom stereocenters. The normalized spacial score (nSPS) is 23.4. The summed E-state index contributed by atoms with van der Waals surface area (Å²) in [5.74, 6) is -1.37. The molecule has 0 amide bonds. The van der Waals surface area contributed by atoms with Crippen LogP contribution in [0, 0.1) is 11.7 Å². The minimum absolute atomic E-state index is 0.124.